The van der Waals surface area contributed by atoms with Gasteiger partial charge in [0.25, 0.3) is 0 Å². The molecular weight excluding hydrogens is 382 g/mol. The second-order valence-corrected chi connectivity index (χ2v) is 7.65. The predicted octanol–water partition coefficient (Wildman–Crippen LogP) is 4.37. The van der Waals surface area contributed by atoms with Gasteiger partial charge in [0.1, 0.15) is 0 Å². The SMILES string of the molecule is CN/C=C(\C=N)c1ccc2c(c1)C(N(C)c1ccc(Cl)cc1)CCN/C2=C(/C)N. The van der Waals surface area contributed by atoms with E-state index in [0.29, 0.717) is 0 Å². The first-order valence-electron chi connectivity index (χ1n) is 9.67. The van der Waals surface area contributed by atoms with E-state index in [1.807, 2.05) is 50.5 Å². The molecule has 1 unspecified atom stereocenters. The predicted molar refractivity (Wildman–Crippen MR) is 124 cm³/mol. The van der Waals surface area contributed by atoms with Crippen molar-refractivity contribution in [2.45, 2.75) is 19.4 Å². The van der Waals surface area contributed by atoms with E-state index in [9.17, 15) is 0 Å². The van der Waals surface area contributed by atoms with Gasteiger partial charge in [-0.25, -0.2) is 0 Å². The van der Waals surface area contributed by atoms with Gasteiger partial charge in [0.05, 0.1) is 11.7 Å². The summed E-state index contributed by atoms with van der Waals surface area (Å²) in [6, 6.07) is 14.4. The van der Waals surface area contributed by atoms with Gasteiger partial charge in [-0.3, -0.25) is 0 Å². The van der Waals surface area contributed by atoms with Gasteiger partial charge in [-0.15, -0.1) is 0 Å². The lowest BCUT2D eigenvalue weighted by Crippen LogP contribution is -2.25. The number of nitrogens with two attached hydrogens (primary N) is 1. The van der Waals surface area contributed by atoms with Gasteiger partial charge >= 0.3 is 0 Å². The third kappa shape index (κ3) is 4.40. The fourth-order valence-corrected chi connectivity index (χ4v) is 3.93. The lowest BCUT2D eigenvalue weighted by atomic mass is 9.92. The molecule has 5 nitrogen and oxygen atoms in total. The average molecular weight is 410 g/mol. The van der Waals surface area contributed by atoms with Crippen molar-refractivity contribution in [3.63, 3.8) is 0 Å². The van der Waals surface area contributed by atoms with E-state index < -0.39 is 0 Å². The zero-order valence-corrected chi connectivity index (χ0v) is 17.8. The highest BCUT2D eigenvalue weighted by atomic mass is 35.5. The Balaban J connectivity index is 2.15. The van der Waals surface area contributed by atoms with Crippen LogP contribution in [0.5, 0.6) is 0 Å². The molecule has 5 N–H and O–H groups in total. The molecule has 0 saturated heterocycles. The number of anilines is 1. The normalized spacial score (nSPS) is 18.2. The quantitative estimate of drug-likeness (QED) is 0.553. The van der Waals surface area contributed by atoms with Gasteiger partial charge in [-0.1, -0.05) is 23.7 Å². The zero-order chi connectivity index (χ0) is 21.0. The molecule has 0 spiro atoms. The van der Waals surface area contributed by atoms with Crippen molar-refractivity contribution in [3.05, 3.63) is 76.1 Å². The number of fused-ring (bicyclic) bond motifs is 1. The monoisotopic (exact) mass is 409 g/mol. The Bertz CT molecular complexity index is 942. The van der Waals surface area contributed by atoms with Crippen LogP contribution in [0.15, 0.2) is 54.4 Å². The minimum atomic E-state index is 0.150. The molecular formula is C23H28ClN5. The Labute approximate surface area is 177 Å². The molecule has 0 amide bonds. The van der Waals surface area contributed by atoms with Crippen LogP contribution in [0.2, 0.25) is 5.02 Å². The lowest BCUT2D eigenvalue weighted by molar-refractivity contribution is 0.610. The fourth-order valence-electron chi connectivity index (χ4n) is 3.80. The minimum absolute atomic E-state index is 0.150. The molecule has 6 heteroatoms. The largest absolute Gasteiger partial charge is 0.401 e. The van der Waals surface area contributed by atoms with Crippen molar-refractivity contribution in [3.8, 4) is 0 Å². The Morgan fingerprint density at radius 3 is 2.62 bits per heavy atom. The summed E-state index contributed by atoms with van der Waals surface area (Å²) in [5.74, 6) is 0. The molecule has 0 fully saturated rings. The van der Waals surface area contributed by atoms with Crippen molar-refractivity contribution < 1.29 is 0 Å². The maximum atomic E-state index is 7.78. The van der Waals surface area contributed by atoms with Crippen molar-refractivity contribution >= 4 is 34.8 Å². The van der Waals surface area contributed by atoms with E-state index in [2.05, 4.69) is 34.7 Å². The number of rotatable bonds is 5. The molecule has 3 rings (SSSR count). The van der Waals surface area contributed by atoms with Crippen molar-refractivity contribution in [2.75, 3.05) is 25.5 Å². The smallest absolute Gasteiger partial charge is 0.0605 e. The highest BCUT2D eigenvalue weighted by Crippen LogP contribution is 2.37. The lowest BCUT2D eigenvalue weighted by Gasteiger charge is -2.31. The van der Waals surface area contributed by atoms with Crippen LogP contribution < -0.4 is 21.3 Å². The van der Waals surface area contributed by atoms with E-state index >= 15 is 0 Å². The van der Waals surface area contributed by atoms with Crippen LogP contribution >= 0.6 is 11.6 Å². The summed E-state index contributed by atoms with van der Waals surface area (Å²) in [5.41, 5.74) is 13.2. The Hall–Kier alpha value is -2.92. The summed E-state index contributed by atoms with van der Waals surface area (Å²) >= 11 is 6.08. The van der Waals surface area contributed by atoms with E-state index in [1.54, 1.807) is 0 Å². The maximum Gasteiger partial charge on any atom is 0.0605 e. The molecule has 0 saturated carbocycles. The molecule has 152 valence electrons. The van der Waals surface area contributed by atoms with Crippen molar-refractivity contribution in [1.29, 1.82) is 5.41 Å². The number of nitrogens with one attached hydrogen (secondary N) is 3. The van der Waals surface area contributed by atoms with Gasteiger partial charge in [0.15, 0.2) is 0 Å². The maximum absolute atomic E-state index is 7.78. The van der Waals surface area contributed by atoms with E-state index in [1.165, 1.54) is 11.8 Å². The summed E-state index contributed by atoms with van der Waals surface area (Å²) in [4.78, 5) is 2.28. The standard InChI is InChI=1S/C23H28ClN5/c1-15(26)23-20-9-4-16(17(13-25)14-27-2)12-21(20)22(10-11-28-23)29(3)19-7-5-18(24)6-8-19/h4-9,12-14,22,25,27-28H,10-11,26H2,1-3H3/b17-14+,23-15-,25-13?. The van der Waals surface area contributed by atoms with Crippen LogP contribution in [0, 0.1) is 5.41 Å². The minimum Gasteiger partial charge on any atom is -0.401 e. The highest BCUT2D eigenvalue weighted by Gasteiger charge is 2.26. The molecule has 2 aromatic carbocycles. The number of benzene rings is 2. The molecule has 0 radical (unpaired) electrons. The molecule has 29 heavy (non-hydrogen) atoms. The summed E-state index contributed by atoms with van der Waals surface area (Å²) in [5, 5.41) is 15.0. The van der Waals surface area contributed by atoms with Crippen LogP contribution in [0.3, 0.4) is 0 Å². The van der Waals surface area contributed by atoms with E-state index in [0.717, 1.165) is 51.8 Å². The molecule has 2 aromatic rings. The van der Waals surface area contributed by atoms with Crippen molar-refractivity contribution in [1.82, 2.24) is 10.6 Å². The van der Waals surface area contributed by atoms with Crippen molar-refractivity contribution in [2.24, 2.45) is 5.73 Å². The highest BCUT2D eigenvalue weighted by molar-refractivity contribution is 6.30. The first-order chi connectivity index (χ1) is 14.0. The molecule has 0 aromatic heterocycles. The van der Waals surface area contributed by atoms with E-state index in [-0.39, 0.29) is 6.04 Å². The van der Waals surface area contributed by atoms with Crippen LogP contribution in [-0.4, -0.2) is 26.9 Å². The molecule has 1 heterocycles. The average Bonchev–Trinajstić information content (AvgIpc) is 2.91. The second-order valence-electron chi connectivity index (χ2n) is 7.21. The van der Waals surface area contributed by atoms with E-state index in [4.69, 9.17) is 22.7 Å². The summed E-state index contributed by atoms with van der Waals surface area (Å²) in [7, 11) is 3.95. The zero-order valence-electron chi connectivity index (χ0n) is 17.1. The molecule has 0 aliphatic carbocycles. The molecule has 1 atom stereocenters. The summed E-state index contributed by atoms with van der Waals surface area (Å²) < 4.78 is 0. The topological polar surface area (TPSA) is 77.2 Å². The van der Waals surface area contributed by atoms with Gasteiger partial charge < -0.3 is 26.7 Å². The fraction of sp³-hybridized carbons (Fsp3) is 0.261. The van der Waals surface area contributed by atoms with Gasteiger partial charge in [0.2, 0.25) is 0 Å². The second kappa shape index (κ2) is 9.05. The number of nitrogens with zero attached hydrogens (tertiary/aromatic N) is 1. The Morgan fingerprint density at radius 2 is 2.00 bits per heavy atom. The van der Waals surface area contributed by atoms with Crippen LogP contribution in [-0.2, 0) is 0 Å². The Kier molecular flexibility index (Phi) is 6.49. The van der Waals surface area contributed by atoms with Crippen LogP contribution in [0.1, 0.15) is 36.1 Å². The summed E-state index contributed by atoms with van der Waals surface area (Å²) in [6.07, 6.45) is 4.13. The number of allylic oxidation sites excluding steroid dienone is 2. The third-order valence-corrected chi connectivity index (χ3v) is 5.54. The first kappa shape index (κ1) is 20.8. The molecule has 1 aliphatic rings. The van der Waals surface area contributed by atoms with Gasteiger partial charge in [-0.2, -0.15) is 0 Å². The third-order valence-electron chi connectivity index (χ3n) is 5.28. The molecule has 1 aliphatic heterocycles. The number of halogens is 1. The van der Waals surface area contributed by atoms with Crippen LogP contribution in [0.4, 0.5) is 5.69 Å². The summed E-state index contributed by atoms with van der Waals surface area (Å²) in [6.45, 7) is 2.74. The number of hydrogen-bond donors (Lipinski definition) is 4. The van der Waals surface area contributed by atoms with Gasteiger partial charge in [-0.05, 0) is 54.8 Å². The molecule has 0 bridgehead atoms. The van der Waals surface area contributed by atoms with Gasteiger partial charge in [0, 0.05) is 60.6 Å². The van der Waals surface area contributed by atoms with Crippen LogP contribution in [0.25, 0.3) is 11.3 Å². The Morgan fingerprint density at radius 1 is 1.28 bits per heavy atom. The first-order valence-corrected chi connectivity index (χ1v) is 10.0. The number of hydrogen-bond acceptors (Lipinski definition) is 5.